The third-order valence-electron chi connectivity index (χ3n) is 3.07. The molecular weight excluding hydrogens is 359 g/mol. The summed E-state index contributed by atoms with van der Waals surface area (Å²) in [5.41, 5.74) is 7.98. The molecule has 0 heterocycles. The van der Waals surface area contributed by atoms with E-state index in [1.165, 1.54) is 12.1 Å². The van der Waals surface area contributed by atoms with Crippen LogP contribution in [0.5, 0.6) is 0 Å². The number of primary amides is 1. The maximum atomic E-state index is 13.4. The van der Waals surface area contributed by atoms with Crippen LogP contribution in [0, 0.1) is 12.7 Å². The number of carbonyl (C=O) groups is 1. The monoisotopic (exact) mass is 370 g/mol. The molecule has 6 heteroatoms. The average molecular weight is 372 g/mol. The summed E-state index contributed by atoms with van der Waals surface area (Å²) in [6.07, 6.45) is 0. The van der Waals surface area contributed by atoms with Crippen LogP contribution in [0.15, 0.2) is 34.8 Å². The van der Waals surface area contributed by atoms with Crippen molar-refractivity contribution in [2.75, 3.05) is 5.32 Å². The van der Waals surface area contributed by atoms with Crippen LogP contribution >= 0.6 is 27.5 Å². The fraction of sp³-hybridized carbons (Fsp3) is 0.133. The van der Waals surface area contributed by atoms with Gasteiger partial charge in [0.25, 0.3) is 0 Å². The molecule has 0 fully saturated rings. The lowest BCUT2D eigenvalue weighted by Gasteiger charge is -2.12. The second-order valence-electron chi connectivity index (χ2n) is 4.61. The summed E-state index contributed by atoms with van der Waals surface area (Å²) >= 11 is 9.27. The number of aryl methyl sites for hydroxylation is 1. The summed E-state index contributed by atoms with van der Waals surface area (Å²) in [5, 5.41) is 3.65. The molecule has 2 aromatic carbocycles. The summed E-state index contributed by atoms with van der Waals surface area (Å²) in [4.78, 5) is 11.1. The van der Waals surface area contributed by atoms with Crippen LogP contribution in [0.3, 0.4) is 0 Å². The van der Waals surface area contributed by atoms with Gasteiger partial charge in [0, 0.05) is 22.8 Å². The molecule has 0 unspecified atom stereocenters. The van der Waals surface area contributed by atoms with Gasteiger partial charge in [0.1, 0.15) is 5.82 Å². The minimum absolute atomic E-state index is 0.304. The van der Waals surface area contributed by atoms with E-state index in [1.54, 1.807) is 18.2 Å². The number of nitrogens with one attached hydrogen (secondary N) is 1. The Labute approximate surface area is 135 Å². The van der Waals surface area contributed by atoms with E-state index in [2.05, 4.69) is 21.2 Å². The van der Waals surface area contributed by atoms with Gasteiger partial charge in [0.2, 0.25) is 5.91 Å². The van der Waals surface area contributed by atoms with Crippen LogP contribution in [0.25, 0.3) is 0 Å². The number of rotatable bonds is 4. The van der Waals surface area contributed by atoms with Gasteiger partial charge < -0.3 is 11.1 Å². The maximum Gasteiger partial charge on any atom is 0.248 e. The van der Waals surface area contributed by atoms with Crippen molar-refractivity contribution >= 4 is 39.1 Å². The zero-order valence-corrected chi connectivity index (χ0v) is 13.6. The van der Waals surface area contributed by atoms with Gasteiger partial charge in [-0.3, -0.25) is 4.79 Å². The van der Waals surface area contributed by atoms with Crippen LogP contribution in [-0.4, -0.2) is 5.91 Å². The van der Waals surface area contributed by atoms with Gasteiger partial charge >= 0.3 is 0 Å². The predicted molar refractivity (Wildman–Crippen MR) is 86.1 cm³/mol. The number of anilines is 1. The first-order chi connectivity index (χ1) is 9.88. The fourth-order valence-electron chi connectivity index (χ4n) is 1.87. The highest BCUT2D eigenvalue weighted by Crippen LogP contribution is 2.25. The summed E-state index contributed by atoms with van der Waals surface area (Å²) in [7, 11) is 0. The molecule has 2 rings (SSSR count). The minimum Gasteiger partial charge on any atom is -0.381 e. The number of carbonyl (C=O) groups excluding carboxylic acids is 1. The van der Waals surface area contributed by atoms with Gasteiger partial charge in [0.05, 0.1) is 4.47 Å². The van der Waals surface area contributed by atoms with E-state index in [4.69, 9.17) is 17.3 Å². The Kier molecular flexibility index (Phi) is 4.85. The number of nitrogens with two attached hydrogens (primary N) is 1. The van der Waals surface area contributed by atoms with E-state index < -0.39 is 5.91 Å². The first kappa shape index (κ1) is 15.8. The molecule has 0 saturated carbocycles. The molecular formula is C15H13BrClFN2O. The van der Waals surface area contributed by atoms with Crippen molar-refractivity contribution in [3.05, 3.63) is 62.3 Å². The van der Waals surface area contributed by atoms with Gasteiger partial charge in [-0.1, -0.05) is 17.7 Å². The first-order valence-electron chi connectivity index (χ1n) is 6.16. The summed E-state index contributed by atoms with van der Waals surface area (Å²) < 4.78 is 13.8. The van der Waals surface area contributed by atoms with Gasteiger partial charge in [0.15, 0.2) is 0 Å². The number of halogens is 3. The molecule has 3 nitrogen and oxygen atoms in total. The van der Waals surface area contributed by atoms with Crippen molar-refractivity contribution < 1.29 is 9.18 Å². The smallest absolute Gasteiger partial charge is 0.248 e. The van der Waals surface area contributed by atoms with E-state index in [0.717, 1.165) is 16.8 Å². The summed E-state index contributed by atoms with van der Waals surface area (Å²) in [6.45, 7) is 2.27. The van der Waals surface area contributed by atoms with Crippen molar-refractivity contribution in [2.24, 2.45) is 5.73 Å². The van der Waals surface area contributed by atoms with E-state index in [0.29, 0.717) is 21.6 Å². The lowest BCUT2D eigenvalue weighted by atomic mass is 10.1. The Morgan fingerprint density at radius 1 is 1.38 bits per heavy atom. The van der Waals surface area contributed by atoms with Crippen molar-refractivity contribution in [1.29, 1.82) is 0 Å². The molecule has 0 aliphatic carbocycles. The van der Waals surface area contributed by atoms with Crippen molar-refractivity contribution in [3.63, 3.8) is 0 Å². The highest BCUT2D eigenvalue weighted by atomic mass is 79.9. The number of benzene rings is 2. The predicted octanol–water partition coefficient (Wildman–Crippen LogP) is 4.26. The molecule has 1 amide bonds. The van der Waals surface area contributed by atoms with Crippen molar-refractivity contribution in [3.8, 4) is 0 Å². The fourth-order valence-corrected chi connectivity index (χ4v) is 2.46. The molecule has 0 saturated heterocycles. The topological polar surface area (TPSA) is 55.1 Å². The first-order valence-corrected chi connectivity index (χ1v) is 7.33. The standard InChI is InChI=1S/C15H13BrClFN2O/c1-8-4-13(18)11(16)6-14(8)20-7-10-3-2-9(15(19)21)5-12(10)17/h2-6,20H,7H2,1H3,(H2,19,21). The van der Waals surface area contributed by atoms with Crippen LogP contribution in [0.1, 0.15) is 21.5 Å². The number of amides is 1. The Hall–Kier alpha value is -1.59. The van der Waals surface area contributed by atoms with E-state index >= 15 is 0 Å². The number of hydrogen-bond acceptors (Lipinski definition) is 2. The Bertz CT molecular complexity index is 706. The van der Waals surface area contributed by atoms with E-state index in [-0.39, 0.29) is 5.82 Å². The van der Waals surface area contributed by atoms with Gasteiger partial charge in [-0.05, 0) is 58.2 Å². The molecule has 0 radical (unpaired) electrons. The SMILES string of the molecule is Cc1cc(F)c(Br)cc1NCc1ccc(C(N)=O)cc1Cl. The lowest BCUT2D eigenvalue weighted by molar-refractivity contribution is 0.100. The molecule has 0 bridgehead atoms. The highest BCUT2D eigenvalue weighted by Gasteiger charge is 2.08. The average Bonchev–Trinajstić information content (AvgIpc) is 2.42. The molecule has 0 aromatic heterocycles. The lowest BCUT2D eigenvalue weighted by Crippen LogP contribution is -2.11. The summed E-state index contributed by atoms with van der Waals surface area (Å²) in [5.74, 6) is -0.823. The second kappa shape index (κ2) is 6.45. The van der Waals surface area contributed by atoms with Crippen molar-refractivity contribution in [1.82, 2.24) is 0 Å². The molecule has 0 aliphatic rings. The van der Waals surface area contributed by atoms with Crippen molar-refractivity contribution in [2.45, 2.75) is 13.5 Å². The van der Waals surface area contributed by atoms with Gasteiger partial charge in [-0.15, -0.1) is 0 Å². The third kappa shape index (κ3) is 3.74. The molecule has 0 atom stereocenters. The second-order valence-corrected chi connectivity index (χ2v) is 5.87. The molecule has 3 N–H and O–H groups in total. The van der Waals surface area contributed by atoms with Crippen LogP contribution < -0.4 is 11.1 Å². The van der Waals surface area contributed by atoms with Gasteiger partial charge in [-0.25, -0.2) is 4.39 Å². The largest absolute Gasteiger partial charge is 0.381 e. The van der Waals surface area contributed by atoms with E-state index in [9.17, 15) is 9.18 Å². The molecule has 0 aliphatic heterocycles. The Morgan fingerprint density at radius 2 is 2.10 bits per heavy atom. The maximum absolute atomic E-state index is 13.4. The summed E-state index contributed by atoms with van der Waals surface area (Å²) in [6, 6.07) is 8.02. The Morgan fingerprint density at radius 3 is 2.71 bits per heavy atom. The zero-order chi connectivity index (χ0) is 15.6. The van der Waals surface area contributed by atoms with E-state index in [1.807, 2.05) is 6.92 Å². The highest BCUT2D eigenvalue weighted by molar-refractivity contribution is 9.10. The molecule has 21 heavy (non-hydrogen) atoms. The van der Waals surface area contributed by atoms with Crippen LogP contribution in [0.2, 0.25) is 5.02 Å². The van der Waals surface area contributed by atoms with Crippen LogP contribution in [-0.2, 0) is 6.54 Å². The Balaban J connectivity index is 2.17. The normalized spacial score (nSPS) is 10.5. The molecule has 2 aromatic rings. The number of hydrogen-bond donors (Lipinski definition) is 2. The third-order valence-corrected chi connectivity index (χ3v) is 4.03. The minimum atomic E-state index is -0.519. The molecule has 0 spiro atoms. The zero-order valence-electron chi connectivity index (χ0n) is 11.2. The van der Waals surface area contributed by atoms with Crippen LogP contribution in [0.4, 0.5) is 10.1 Å². The quantitative estimate of drug-likeness (QED) is 0.843. The molecule has 110 valence electrons. The van der Waals surface area contributed by atoms with Gasteiger partial charge in [-0.2, -0.15) is 0 Å².